The lowest BCUT2D eigenvalue weighted by Crippen LogP contribution is -2.44. The van der Waals surface area contributed by atoms with Crippen LogP contribution in [0.15, 0.2) is 60.7 Å². The number of hydrogen-bond donors (Lipinski definition) is 1. The summed E-state index contributed by atoms with van der Waals surface area (Å²) >= 11 is 2.38. The fraction of sp³-hybridized carbons (Fsp3) is 0.364. The number of nitrogens with one attached hydrogen (secondary N) is 1. The summed E-state index contributed by atoms with van der Waals surface area (Å²) in [6, 6.07) is 15.4. The maximum absolute atomic E-state index is 14.6. The van der Waals surface area contributed by atoms with Crippen molar-refractivity contribution in [2.75, 3.05) is 6.61 Å². The standard InChI is InChI=1S/C22H22BrF2NO4/c1-2-29-21(28)19-17(22(23,24)25)16(18(26-19)15-11-7-4-8-12-15)20(27)30-13-14-9-5-3-6-10-14/h3-12,16-19,26H,2,13H2,1H3/t16-,17?,18-,19-/m0/s1. The third-order valence-corrected chi connectivity index (χ3v) is 5.57. The van der Waals surface area contributed by atoms with Gasteiger partial charge in [-0.25, -0.2) is 0 Å². The van der Waals surface area contributed by atoms with E-state index in [9.17, 15) is 18.4 Å². The van der Waals surface area contributed by atoms with Gasteiger partial charge >= 0.3 is 16.8 Å². The van der Waals surface area contributed by atoms with Crippen LogP contribution in [0, 0.1) is 11.8 Å². The van der Waals surface area contributed by atoms with Crippen molar-refractivity contribution in [2.45, 2.75) is 30.4 Å². The first kappa shape index (κ1) is 22.4. The van der Waals surface area contributed by atoms with Crippen LogP contribution in [0.2, 0.25) is 0 Å². The van der Waals surface area contributed by atoms with Crippen molar-refractivity contribution >= 4 is 27.9 Å². The lowest BCUT2D eigenvalue weighted by Gasteiger charge is -2.27. The van der Waals surface area contributed by atoms with Crippen molar-refractivity contribution in [3.8, 4) is 0 Å². The van der Waals surface area contributed by atoms with Crippen molar-refractivity contribution in [3.05, 3.63) is 71.8 Å². The fourth-order valence-electron chi connectivity index (χ4n) is 3.73. The fourth-order valence-corrected chi connectivity index (χ4v) is 4.28. The summed E-state index contributed by atoms with van der Waals surface area (Å²) in [5, 5.41) is 2.89. The molecule has 0 aromatic heterocycles. The van der Waals surface area contributed by atoms with Crippen LogP contribution in [0.3, 0.4) is 0 Å². The van der Waals surface area contributed by atoms with Crippen LogP contribution in [0.1, 0.15) is 24.1 Å². The summed E-state index contributed by atoms with van der Waals surface area (Å²) in [4.78, 5) is 22.0. The number of rotatable bonds is 7. The first-order valence-corrected chi connectivity index (χ1v) is 10.4. The zero-order chi connectivity index (χ0) is 21.7. The van der Waals surface area contributed by atoms with Crippen molar-refractivity contribution in [1.29, 1.82) is 0 Å². The highest BCUT2D eigenvalue weighted by Gasteiger charge is 2.60. The molecular formula is C22H22BrF2NO4. The van der Waals surface area contributed by atoms with E-state index in [1.54, 1.807) is 61.5 Å². The molecule has 2 aromatic carbocycles. The molecule has 1 aliphatic heterocycles. The summed E-state index contributed by atoms with van der Waals surface area (Å²) < 4.78 is 39.6. The Bertz CT molecular complexity index is 860. The molecule has 0 spiro atoms. The molecule has 30 heavy (non-hydrogen) atoms. The third-order valence-electron chi connectivity index (χ3n) is 5.04. The number of carbonyl (C=O) groups is 2. The number of ether oxygens (including phenoxy) is 2. The van der Waals surface area contributed by atoms with Crippen molar-refractivity contribution in [1.82, 2.24) is 5.32 Å². The van der Waals surface area contributed by atoms with Gasteiger partial charge < -0.3 is 9.47 Å². The van der Waals surface area contributed by atoms with Crippen molar-refractivity contribution in [2.24, 2.45) is 11.8 Å². The second-order valence-electron chi connectivity index (χ2n) is 6.97. The second kappa shape index (κ2) is 9.66. The highest BCUT2D eigenvalue weighted by atomic mass is 79.9. The van der Waals surface area contributed by atoms with Crippen LogP contribution in [0.4, 0.5) is 8.78 Å². The normalized spacial score (nSPS) is 23.7. The van der Waals surface area contributed by atoms with Gasteiger partial charge in [-0.1, -0.05) is 60.7 Å². The van der Waals surface area contributed by atoms with Gasteiger partial charge in [-0.3, -0.25) is 14.9 Å². The van der Waals surface area contributed by atoms with Gasteiger partial charge in [-0.2, -0.15) is 8.78 Å². The minimum absolute atomic E-state index is 0.0384. The number of halogens is 3. The third kappa shape index (κ3) is 5.05. The number of hydrogen-bond acceptors (Lipinski definition) is 5. The molecule has 1 fully saturated rings. The minimum Gasteiger partial charge on any atom is -0.465 e. The molecule has 2 aromatic rings. The van der Waals surface area contributed by atoms with Crippen LogP contribution in [0.5, 0.6) is 0 Å². The predicted octanol–water partition coefficient (Wildman–Crippen LogP) is 4.23. The monoisotopic (exact) mass is 481 g/mol. The maximum atomic E-state index is 14.6. The molecule has 0 aliphatic carbocycles. The highest BCUT2D eigenvalue weighted by molar-refractivity contribution is 9.10. The van der Waals surface area contributed by atoms with Gasteiger partial charge in [0.15, 0.2) is 0 Å². The number of benzene rings is 2. The Hall–Kier alpha value is -2.32. The number of carbonyl (C=O) groups excluding carboxylic acids is 2. The average Bonchev–Trinajstić information content (AvgIpc) is 3.15. The van der Waals surface area contributed by atoms with Gasteiger partial charge in [0.2, 0.25) is 0 Å². The second-order valence-corrected chi connectivity index (χ2v) is 8.03. The average molecular weight is 482 g/mol. The predicted molar refractivity (Wildman–Crippen MR) is 110 cm³/mol. The molecule has 5 nitrogen and oxygen atoms in total. The SMILES string of the molecule is CCOC(=O)[C@H]1N[C@@H](c2ccccc2)[C@@H](C(=O)OCc2ccccc2)C1C(F)(F)Br. The van der Waals surface area contributed by atoms with Crippen LogP contribution in [0.25, 0.3) is 0 Å². The van der Waals surface area contributed by atoms with E-state index in [1.807, 2.05) is 6.07 Å². The summed E-state index contributed by atoms with van der Waals surface area (Å²) in [5.74, 6) is -4.64. The van der Waals surface area contributed by atoms with E-state index in [2.05, 4.69) is 21.2 Å². The Morgan fingerprint density at radius 3 is 2.17 bits per heavy atom. The van der Waals surface area contributed by atoms with Crippen LogP contribution < -0.4 is 5.32 Å². The van der Waals surface area contributed by atoms with Crippen LogP contribution >= 0.6 is 15.9 Å². The molecule has 160 valence electrons. The summed E-state index contributed by atoms with van der Waals surface area (Å²) in [5.41, 5.74) is 1.34. The Labute approximate surface area is 181 Å². The smallest absolute Gasteiger partial charge is 0.323 e. The molecule has 4 atom stereocenters. The Kier molecular flexibility index (Phi) is 7.20. The molecule has 0 radical (unpaired) electrons. The molecule has 1 aliphatic rings. The van der Waals surface area contributed by atoms with E-state index in [1.165, 1.54) is 0 Å². The van der Waals surface area contributed by atoms with E-state index in [4.69, 9.17) is 9.47 Å². The van der Waals surface area contributed by atoms with E-state index >= 15 is 0 Å². The maximum Gasteiger partial charge on any atom is 0.323 e. The van der Waals surface area contributed by atoms with Crippen molar-refractivity contribution < 1.29 is 27.8 Å². The molecular weight excluding hydrogens is 460 g/mol. The van der Waals surface area contributed by atoms with Gasteiger partial charge in [-0.05, 0) is 34.0 Å². The van der Waals surface area contributed by atoms with E-state index in [0.29, 0.717) is 5.56 Å². The van der Waals surface area contributed by atoms with E-state index in [-0.39, 0.29) is 13.2 Å². The Morgan fingerprint density at radius 1 is 1.00 bits per heavy atom. The van der Waals surface area contributed by atoms with Crippen molar-refractivity contribution in [3.63, 3.8) is 0 Å². The minimum atomic E-state index is -3.50. The van der Waals surface area contributed by atoms with Gasteiger partial charge in [0.1, 0.15) is 12.6 Å². The van der Waals surface area contributed by atoms with Crippen LogP contribution in [-0.2, 0) is 25.7 Å². The van der Waals surface area contributed by atoms with Gasteiger partial charge in [0.05, 0.1) is 18.4 Å². The molecule has 1 N–H and O–H groups in total. The molecule has 8 heteroatoms. The van der Waals surface area contributed by atoms with Gasteiger partial charge in [-0.15, -0.1) is 0 Å². The molecule has 0 bridgehead atoms. The van der Waals surface area contributed by atoms with Gasteiger partial charge in [0, 0.05) is 6.04 Å². The molecule has 1 unspecified atom stereocenters. The Morgan fingerprint density at radius 2 is 1.60 bits per heavy atom. The van der Waals surface area contributed by atoms with Crippen LogP contribution in [-0.4, -0.2) is 29.4 Å². The molecule has 0 amide bonds. The molecule has 0 saturated carbocycles. The first-order valence-electron chi connectivity index (χ1n) is 9.57. The zero-order valence-electron chi connectivity index (χ0n) is 16.3. The van der Waals surface area contributed by atoms with E-state index < -0.39 is 40.7 Å². The number of alkyl halides is 3. The Balaban J connectivity index is 1.93. The first-order chi connectivity index (χ1) is 14.3. The lowest BCUT2D eigenvalue weighted by atomic mass is 9.84. The lowest BCUT2D eigenvalue weighted by molar-refractivity contribution is -0.157. The molecule has 3 rings (SSSR count). The highest BCUT2D eigenvalue weighted by Crippen LogP contribution is 2.48. The quantitative estimate of drug-likeness (QED) is 0.473. The number of esters is 2. The largest absolute Gasteiger partial charge is 0.465 e. The van der Waals surface area contributed by atoms with Gasteiger partial charge in [0.25, 0.3) is 0 Å². The molecule has 1 heterocycles. The summed E-state index contributed by atoms with van der Waals surface area (Å²) in [6.07, 6.45) is 0. The topological polar surface area (TPSA) is 64.6 Å². The summed E-state index contributed by atoms with van der Waals surface area (Å²) in [7, 11) is 0. The zero-order valence-corrected chi connectivity index (χ0v) is 17.9. The van der Waals surface area contributed by atoms with E-state index in [0.717, 1.165) is 5.56 Å². The summed E-state index contributed by atoms with van der Waals surface area (Å²) in [6.45, 7) is 1.58. The molecule has 1 saturated heterocycles.